The first-order valence-electron chi connectivity index (χ1n) is 42.7. The standard InChI is InChI=1S/C83H162O17P2/c1-73(2)59-51-43-35-27-21-17-13-9-11-15-19-23-30-39-47-55-63-80(85)93-69-78(99-82(87)65-57-49-41-31-24-20-16-12-10-14-18-22-28-36-44-52-60-74(3)4)71-97-101(89,90)95-67-77(84)68-96-102(91,92)98-72-79(70-94-81(86)64-56-48-40-34-33-38-46-54-62-76(7)8)100-83(88)66-58-50-42-32-26-25-29-37-45-53-61-75(5)6/h73-79,84H,9-72H2,1-8H3,(H,89,90)(H,91,92)/t77?,78-,79-/m1/s1. The molecule has 0 amide bonds. The number of phosphoric acid groups is 2. The lowest BCUT2D eigenvalue weighted by Crippen LogP contribution is -2.30. The predicted octanol–water partition coefficient (Wildman–Crippen LogP) is 24.8. The Kier molecular flexibility index (Phi) is 70.6. The zero-order valence-corrected chi connectivity index (χ0v) is 69.0. The Morgan fingerprint density at radius 3 is 0.608 bits per heavy atom. The summed E-state index contributed by atoms with van der Waals surface area (Å²) in [6, 6.07) is 0. The molecule has 0 aliphatic carbocycles. The van der Waals surface area contributed by atoms with E-state index in [4.69, 9.17) is 37.0 Å². The minimum atomic E-state index is -4.96. The van der Waals surface area contributed by atoms with Gasteiger partial charge in [-0.3, -0.25) is 37.3 Å². The van der Waals surface area contributed by atoms with Gasteiger partial charge in [-0.25, -0.2) is 9.13 Å². The Morgan fingerprint density at radius 2 is 0.412 bits per heavy atom. The van der Waals surface area contributed by atoms with Crippen LogP contribution in [0.2, 0.25) is 0 Å². The van der Waals surface area contributed by atoms with Crippen molar-refractivity contribution >= 4 is 39.5 Å². The monoisotopic (exact) mass is 1490 g/mol. The maximum Gasteiger partial charge on any atom is 0.472 e. The number of carbonyl (C=O) groups is 4. The van der Waals surface area contributed by atoms with Gasteiger partial charge in [0.2, 0.25) is 0 Å². The van der Waals surface area contributed by atoms with Gasteiger partial charge in [-0.15, -0.1) is 0 Å². The predicted molar refractivity (Wildman–Crippen MR) is 418 cm³/mol. The highest BCUT2D eigenvalue weighted by atomic mass is 31.2. The molecule has 0 aliphatic rings. The third-order valence-electron chi connectivity index (χ3n) is 19.3. The molecule has 0 bridgehead atoms. The second kappa shape index (κ2) is 72.0. The number of ether oxygens (including phenoxy) is 4. The number of unbranched alkanes of at least 4 members (excludes halogenated alkanes) is 46. The van der Waals surface area contributed by atoms with Crippen LogP contribution in [0, 0.1) is 23.7 Å². The zero-order valence-electron chi connectivity index (χ0n) is 67.2. The van der Waals surface area contributed by atoms with Crippen LogP contribution < -0.4 is 0 Å². The summed E-state index contributed by atoms with van der Waals surface area (Å²) in [7, 11) is -9.92. The normalized spacial score (nSPS) is 14.0. The first-order chi connectivity index (χ1) is 49.1. The van der Waals surface area contributed by atoms with Crippen LogP contribution in [0.5, 0.6) is 0 Å². The molecule has 0 radical (unpaired) electrons. The van der Waals surface area contributed by atoms with Gasteiger partial charge >= 0.3 is 39.5 Å². The van der Waals surface area contributed by atoms with E-state index >= 15 is 0 Å². The number of aliphatic hydroxyl groups excluding tert-OH is 1. The van der Waals surface area contributed by atoms with Crippen molar-refractivity contribution in [1.29, 1.82) is 0 Å². The summed E-state index contributed by atoms with van der Waals surface area (Å²) < 4.78 is 68.8. The molecular weight excluding hydrogens is 1330 g/mol. The third-order valence-corrected chi connectivity index (χ3v) is 21.2. The molecule has 0 saturated heterocycles. The molecule has 3 unspecified atom stereocenters. The van der Waals surface area contributed by atoms with Crippen molar-refractivity contribution in [2.24, 2.45) is 23.7 Å². The van der Waals surface area contributed by atoms with Crippen molar-refractivity contribution in [2.45, 2.75) is 446 Å². The molecule has 0 aromatic rings. The van der Waals surface area contributed by atoms with Gasteiger partial charge in [0, 0.05) is 25.7 Å². The summed E-state index contributed by atoms with van der Waals surface area (Å²) in [5.41, 5.74) is 0. The Balaban J connectivity index is 5.24. The maximum atomic E-state index is 13.1. The highest BCUT2D eigenvalue weighted by Gasteiger charge is 2.30. The molecule has 0 fully saturated rings. The molecule has 606 valence electrons. The van der Waals surface area contributed by atoms with Gasteiger partial charge < -0.3 is 33.8 Å². The molecule has 0 heterocycles. The summed E-state index contributed by atoms with van der Waals surface area (Å²) in [6.45, 7) is 14.3. The van der Waals surface area contributed by atoms with E-state index in [0.717, 1.165) is 114 Å². The lowest BCUT2D eigenvalue weighted by atomic mass is 10.0. The fourth-order valence-corrected chi connectivity index (χ4v) is 14.4. The molecule has 3 N–H and O–H groups in total. The molecule has 0 saturated carbocycles. The van der Waals surface area contributed by atoms with Crippen molar-refractivity contribution in [2.75, 3.05) is 39.6 Å². The Bertz CT molecular complexity index is 1990. The topological polar surface area (TPSA) is 237 Å². The Labute approximate surface area is 626 Å². The summed E-state index contributed by atoms with van der Waals surface area (Å²) in [4.78, 5) is 73.1. The van der Waals surface area contributed by atoms with Gasteiger partial charge in [-0.1, -0.05) is 376 Å². The number of aliphatic hydroxyl groups is 1. The van der Waals surface area contributed by atoms with Crippen molar-refractivity contribution in [3.05, 3.63) is 0 Å². The van der Waals surface area contributed by atoms with Crippen LogP contribution in [-0.2, 0) is 65.4 Å². The van der Waals surface area contributed by atoms with Crippen molar-refractivity contribution in [3.8, 4) is 0 Å². The van der Waals surface area contributed by atoms with E-state index in [1.165, 1.54) is 231 Å². The van der Waals surface area contributed by atoms with Crippen molar-refractivity contribution in [1.82, 2.24) is 0 Å². The van der Waals surface area contributed by atoms with Gasteiger partial charge in [0.15, 0.2) is 12.2 Å². The van der Waals surface area contributed by atoms with Gasteiger partial charge in [-0.05, 0) is 49.4 Å². The van der Waals surface area contributed by atoms with E-state index in [-0.39, 0.29) is 25.7 Å². The van der Waals surface area contributed by atoms with Crippen LogP contribution in [0.15, 0.2) is 0 Å². The SMILES string of the molecule is CC(C)CCCCCCCCCCCCCCCCCCC(=O)OC[C@H](COP(=O)(O)OCC(O)COP(=O)(O)OC[C@@H](COC(=O)CCCCCCCCCCC(C)C)OC(=O)CCCCCCCCCCCCC(C)C)OC(=O)CCCCCCCCCCCCCCCCCCC(C)C. The van der Waals surface area contributed by atoms with Gasteiger partial charge in [0.25, 0.3) is 0 Å². The zero-order chi connectivity index (χ0) is 75.3. The minimum absolute atomic E-state index is 0.105. The number of hydrogen-bond acceptors (Lipinski definition) is 15. The summed E-state index contributed by atoms with van der Waals surface area (Å²) in [5, 5.41) is 10.7. The number of rotatable bonds is 80. The highest BCUT2D eigenvalue weighted by molar-refractivity contribution is 7.47. The first-order valence-corrected chi connectivity index (χ1v) is 45.7. The molecule has 5 atom stereocenters. The minimum Gasteiger partial charge on any atom is -0.462 e. The average Bonchev–Trinajstić information content (AvgIpc) is 0.909. The summed E-state index contributed by atoms with van der Waals surface area (Å²) >= 11 is 0. The third kappa shape index (κ3) is 76.3. The van der Waals surface area contributed by atoms with Crippen LogP contribution in [0.1, 0.15) is 428 Å². The number of hydrogen-bond donors (Lipinski definition) is 3. The fraction of sp³-hybridized carbons (Fsp3) is 0.952. The second-order valence-corrected chi connectivity index (χ2v) is 34.7. The van der Waals surface area contributed by atoms with Crippen LogP contribution >= 0.6 is 15.6 Å². The molecule has 0 spiro atoms. The highest BCUT2D eigenvalue weighted by Crippen LogP contribution is 2.45. The lowest BCUT2D eigenvalue weighted by molar-refractivity contribution is -0.161. The molecule has 19 heteroatoms. The quantitative estimate of drug-likeness (QED) is 0.0222. The Hall–Kier alpha value is -1.94. The number of phosphoric ester groups is 2. The van der Waals surface area contributed by atoms with Crippen LogP contribution in [0.3, 0.4) is 0 Å². The molecule has 0 aliphatic heterocycles. The summed E-state index contributed by atoms with van der Waals surface area (Å²) in [6.07, 6.45) is 59.7. The number of esters is 4. The van der Waals surface area contributed by atoms with E-state index < -0.39 is 97.5 Å². The van der Waals surface area contributed by atoms with Crippen molar-refractivity contribution in [3.63, 3.8) is 0 Å². The number of carbonyl (C=O) groups excluding carboxylic acids is 4. The van der Waals surface area contributed by atoms with E-state index in [9.17, 15) is 43.2 Å². The molecule has 0 aromatic heterocycles. The van der Waals surface area contributed by atoms with Gasteiger partial charge in [0.05, 0.1) is 26.4 Å². The van der Waals surface area contributed by atoms with E-state index in [0.29, 0.717) is 25.7 Å². The van der Waals surface area contributed by atoms with Gasteiger partial charge in [0.1, 0.15) is 19.3 Å². The largest absolute Gasteiger partial charge is 0.472 e. The molecule has 0 aromatic carbocycles. The van der Waals surface area contributed by atoms with Gasteiger partial charge in [-0.2, -0.15) is 0 Å². The van der Waals surface area contributed by atoms with E-state index in [2.05, 4.69) is 55.4 Å². The molecule has 17 nitrogen and oxygen atoms in total. The summed E-state index contributed by atoms with van der Waals surface area (Å²) in [5.74, 6) is 0.988. The maximum absolute atomic E-state index is 13.1. The van der Waals surface area contributed by atoms with Crippen LogP contribution in [0.4, 0.5) is 0 Å². The average molecular weight is 1490 g/mol. The molecule has 102 heavy (non-hydrogen) atoms. The first kappa shape index (κ1) is 100. The lowest BCUT2D eigenvalue weighted by Gasteiger charge is -2.21. The molecule has 0 rings (SSSR count). The smallest absolute Gasteiger partial charge is 0.462 e. The second-order valence-electron chi connectivity index (χ2n) is 31.8. The van der Waals surface area contributed by atoms with Crippen LogP contribution in [-0.4, -0.2) is 96.7 Å². The van der Waals surface area contributed by atoms with Crippen LogP contribution in [0.25, 0.3) is 0 Å². The molecular formula is C83H162O17P2. The van der Waals surface area contributed by atoms with E-state index in [1.807, 2.05) is 0 Å². The fourth-order valence-electron chi connectivity index (χ4n) is 12.8. The van der Waals surface area contributed by atoms with E-state index in [1.54, 1.807) is 0 Å². The Morgan fingerprint density at radius 1 is 0.245 bits per heavy atom. The van der Waals surface area contributed by atoms with Crippen molar-refractivity contribution < 1.29 is 80.2 Å².